The molecule has 1 N–H and O–H groups in total. The standard InChI is InChI=1S/C23H25N5OS/c1-12(2)28-21-17(10-24-28)9-18(16(6)25-21)22(29)27-23-26-19(11-30-23)20-14(4)7-13(3)8-15(20)5/h7-12H,1-6H3,(H,26,27,29). The molecule has 3 aromatic heterocycles. The van der Waals surface area contributed by atoms with Crippen LogP contribution in [0.4, 0.5) is 5.13 Å². The highest BCUT2D eigenvalue weighted by Gasteiger charge is 2.17. The average molecular weight is 420 g/mol. The van der Waals surface area contributed by atoms with E-state index in [1.54, 1.807) is 6.20 Å². The highest BCUT2D eigenvalue weighted by atomic mass is 32.1. The predicted molar refractivity (Wildman–Crippen MR) is 122 cm³/mol. The summed E-state index contributed by atoms with van der Waals surface area (Å²) in [5.41, 5.74) is 7.60. The Balaban J connectivity index is 1.62. The minimum Gasteiger partial charge on any atom is -0.298 e. The molecule has 4 aromatic rings. The first kappa shape index (κ1) is 20.2. The summed E-state index contributed by atoms with van der Waals surface area (Å²) in [5, 5.41) is 10.7. The van der Waals surface area contributed by atoms with Gasteiger partial charge in [0.15, 0.2) is 10.8 Å². The SMILES string of the molecule is Cc1cc(C)c(-c2csc(NC(=O)c3cc4cnn(C(C)C)c4nc3C)n2)c(C)c1. The molecule has 4 rings (SSSR count). The second kappa shape index (κ2) is 7.65. The highest BCUT2D eigenvalue weighted by molar-refractivity contribution is 7.14. The van der Waals surface area contributed by atoms with Gasteiger partial charge in [0.25, 0.3) is 5.91 Å². The van der Waals surface area contributed by atoms with Crippen LogP contribution >= 0.6 is 11.3 Å². The molecule has 0 unspecified atom stereocenters. The normalized spacial score (nSPS) is 11.4. The molecular formula is C23H25N5OS. The molecule has 0 aliphatic carbocycles. The Hall–Kier alpha value is -3.06. The molecule has 0 saturated carbocycles. The van der Waals surface area contributed by atoms with Crippen molar-refractivity contribution in [2.24, 2.45) is 0 Å². The monoisotopic (exact) mass is 419 g/mol. The van der Waals surface area contributed by atoms with Crippen LogP contribution in [0.3, 0.4) is 0 Å². The molecule has 0 fully saturated rings. The maximum Gasteiger partial charge on any atom is 0.259 e. The van der Waals surface area contributed by atoms with Crippen LogP contribution in [0.2, 0.25) is 0 Å². The van der Waals surface area contributed by atoms with Gasteiger partial charge in [0, 0.05) is 22.4 Å². The van der Waals surface area contributed by atoms with Crippen molar-refractivity contribution in [1.82, 2.24) is 19.7 Å². The van der Waals surface area contributed by atoms with Crippen LogP contribution in [0.1, 0.15) is 52.6 Å². The lowest BCUT2D eigenvalue weighted by atomic mass is 9.98. The summed E-state index contributed by atoms with van der Waals surface area (Å²) in [6.07, 6.45) is 1.75. The van der Waals surface area contributed by atoms with E-state index in [4.69, 9.17) is 0 Å². The topological polar surface area (TPSA) is 72.7 Å². The fourth-order valence-corrected chi connectivity index (χ4v) is 4.56. The summed E-state index contributed by atoms with van der Waals surface area (Å²) in [6.45, 7) is 12.2. The molecule has 0 bridgehead atoms. The van der Waals surface area contributed by atoms with Gasteiger partial charge in [-0.3, -0.25) is 10.1 Å². The Morgan fingerprint density at radius 1 is 1.07 bits per heavy atom. The van der Waals surface area contributed by atoms with Crippen molar-refractivity contribution in [3.05, 3.63) is 57.7 Å². The molecule has 0 radical (unpaired) electrons. The number of aromatic nitrogens is 4. The number of thiazole rings is 1. The third-order valence-electron chi connectivity index (χ3n) is 5.15. The first-order valence-corrected chi connectivity index (χ1v) is 10.8. The van der Waals surface area contributed by atoms with Crippen LogP contribution in [0.15, 0.2) is 29.8 Å². The number of anilines is 1. The molecular weight excluding hydrogens is 394 g/mol. The van der Waals surface area contributed by atoms with E-state index in [1.165, 1.54) is 28.0 Å². The van der Waals surface area contributed by atoms with Gasteiger partial charge in [0.1, 0.15) is 0 Å². The van der Waals surface area contributed by atoms with Gasteiger partial charge in [-0.15, -0.1) is 11.3 Å². The molecule has 154 valence electrons. The number of hydrogen-bond acceptors (Lipinski definition) is 5. The maximum atomic E-state index is 12.9. The summed E-state index contributed by atoms with van der Waals surface area (Å²) in [4.78, 5) is 22.2. The lowest BCUT2D eigenvalue weighted by Crippen LogP contribution is -2.14. The summed E-state index contributed by atoms with van der Waals surface area (Å²) < 4.78 is 1.86. The molecule has 6 nitrogen and oxygen atoms in total. The molecule has 1 amide bonds. The van der Waals surface area contributed by atoms with Gasteiger partial charge in [-0.2, -0.15) is 5.10 Å². The second-order valence-electron chi connectivity index (χ2n) is 7.98. The minimum absolute atomic E-state index is 0.205. The van der Waals surface area contributed by atoms with Gasteiger partial charge in [-0.25, -0.2) is 14.6 Å². The molecule has 3 heterocycles. The Kier molecular flexibility index (Phi) is 5.15. The van der Waals surface area contributed by atoms with E-state index in [2.05, 4.69) is 67.1 Å². The summed E-state index contributed by atoms with van der Waals surface area (Å²) >= 11 is 1.43. The number of benzene rings is 1. The number of carbonyl (C=O) groups excluding carboxylic acids is 1. The first-order chi connectivity index (χ1) is 14.2. The molecule has 1 aromatic carbocycles. The van der Waals surface area contributed by atoms with Crippen LogP contribution in [0.25, 0.3) is 22.3 Å². The Bertz CT molecular complexity index is 1250. The van der Waals surface area contributed by atoms with Crippen molar-refractivity contribution >= 4 is 33.4 Å². The number of amides is 1. The van der Waals surface area contributed by atoms with Gasteiger partial charge in [0.05, 0.1) is 23.1 Å². The van der Waals surface area contributed by atoms with Crippen LogP contribution in [-0.4, -0.2) is 25.7 Å². The highest BCUT2D eigenvalue weighted by Crippen LogP contribution is 2.31. The number of carbonyl (C=O) groups is 1. The molecule has 0 saturated heterocycles. The van der Waals surface area contributed by atoms with E-state index in [1.807, 2.05) is 23.1 Å². The lowest BCUT2D eigenvalue weighted by molar-refractivity contribution is 0.102. The number of pyridine rings is 1. The fourth-order valence-electron chi connectivity index (χ4n) is 3.87. The summed E-state index contributed by atoms with van der Waals surface area (Å²) in [7, 11) is 0. The minimum atomic E-state index is -0.211. The quantitative estimate of drug-likeness (QED) is 0.466. The van der Waals surface area contributed by atoms with Gasteiger partial charge < -0.3 is 0 Å². The predicted octanol–water partition coefficient (Wildman–Crippen LogP) is 5.62. The Morgan fingerprint density at radius 3 is 2.43 bits per heavy atom. The molecule has 0 aliphatic rings. The molecule has 7 heteroatoms. The van der Waals surface area contributed by atoms with Crippen LogP contribution < -0.4 is 5.32 Å². The van der Waals surface area contributed by atoms with Crippen molar-refractivity contribution in [1.29, 1.82) is 0 Å². The number of hydrogen-bond donors (Lipinski definition) is 1. The van der Waals surface area contributed by atoms with E-state index in [-0.39, 0.29) is 11.9 Å². The number of nitrogens with zero attached hydrogens (tertiary/aromatic N) is 4. The van der Waals surface area contributed by atoms with E-state index in [0.29, 0.717) is 16.4 Å². The zero-order valence-corrected chi connectivity index (χ0v) is 18.9. The largest absolute Gasteiger partial charge is 0.298 e. The summed E-state index contributed by atoms with van der Waals surface area (Å²) in [5.74, 6) is -0.211. The van der Waals surface area contributed by atoms with E-state index < -0.39 is 0 Å². The first-order valence-electron chi connectivity index (χ1n) is 9.94. The van der Waals surface area contributed by atoms with Gasteiger partial charge in [0.2, 0.25) is 0 Å². The van der Waals surface area contributed by atoms with Crippen molar-refractivity contribution in [3.8, 4) is 11.3 Å². The summed E-state index contributed by atoms with van der Waals surface area (Å²) in [6, 6.07) is 6.36. The average Bonchev–Trinajstić information content (AvgIpc) is 3.26. The van der Waals surface area contributed by atoms with E-state index >= 15 is 0 Å². The van der Waals surface area contributed by atoms with Crippen molar-refractivity contribution in [2.45, 2.75) is 47.6 Å². The van der Waals surface area contributed by atoms with Gasteiger partial charge in [-0.1, -0.05) is 17.7 Å². The maximum absolute atomic E-state index is 12.9. The van der Waals surface area contributed by atoms with E-state index in [0.717, 1.165) is 22.3 Å². The number of fused-ring (bicyclic) bond motifs is 1. The second-order valence-corrected chi connectivity index (χ2v) is 8.84. The fraction of sp³-hybridized carbons (Fsp3) is 0.304. The van der Waals surface area contributed by atoms with E-state index in [9.17, 15) is 4.79 Å². The Labute approximate surface area is 180 Å². The third kappa shape index (κ3) is 3.61. The molecule has 0 aliphatic heterocycles. The lowest BCUT2D eigenvalue weighted by Gasteiger charge is -2.09. The smallest absolute Gasteiger partial charge is 0.259 e. The van der Waals surface area contributed by atoms with Gasteiger partial charge >= 0.3 is 0 Å². The van der Waals surface area contributed by atoms with Crippen LogP contribution in [0.5, 0.6) is 0 Å². The van der Waals surface area contributed by atoms with Crippen molar-refractivity contribution in [2.75, 3.05) is 5.32 Å². The van der Waals surface area contributed by atoms with Crippen molar-refractivity contribution < 1.29 is 4.79 Å². The zero-order chi connectivity index (χ0) is 21.6. The molecule has 0 spiro atoms. The van der Waals surface area contributed by atoms with Crippen molar-refractivity contribution in [3.63, 3.8) is 0 Å². The van der Waals surface area contributed by atoms with Gasteiger partial charge in [-0.05, 0) is 58.7 Å². The molecule has 30 heavy (non-hydrogen) atoms. The van der Waals surface area contributed by atoms with Crippen LogP contribution in [0, 0.1) is 27.7 Å². The molecule has 0 atom stereocenters. The third-order valence-corrected chi connectivity index (χ3v) is 5.91. The number of rotatable bonds is 4. The van der Waals surface area contributed by atoms with Crippen LogP contribution in [-0.2, 0) is 0 Å². The zero-order valence-electron chi connectivity index (χ0n) is 18.1. The Morgan fingerprint density at radius 2 is 1.77 bits per heavy atom. The number of nitrogens with one attached hydrogen (secondary N) is 1. The number of aryl methyl sites for hydroxylation is 4.